The highest BCUT2D eigenvalue weighted by Crippen LogP contribution is 2.35. The quantitative estimate of drug-likeness (QED) is 0.773. The van der Waals surface area contributed by atoms with E-state index in [-0.39, 0.29) is 10.8 Å². The summed E-state index contributed by atoms with van der Waals surface area (Å²) < 4.78 is 28.4. The number of sulfonamides is 1. The zero-order valence-corrected chi connectivity index (χ0v) is 18.9. The van der Waals surface area contributed by atoms with Gasteiger partial charge in [-0.25, -0.2) is 13.1 Å². The van der Waals surface area contributed by atoms with E-state index >= 15 is 0 Å². The van der Waals surface area contributed by atoms with Crippen LogP contribution in [0, 0.1) is 0 Å². The van der Waals surface area contributed by atoms with Gasteiger partial charge in [0, 0.05) is 30.2 Å². The number of anilines is 3. The molecule has 1 aromatic heterocycles. The molecule has 0 amide bonds. The van der Waals surface area contributed by atoms with Crippen molar-refractivity contribution in [1.82, 2.24) is 9.97 Å². The molecule has 0 bridgehead atoms. The van der Waals surface area contributed by atoms with Crippen molar-refractivity contribution in [3.63, 3.8) is 0 Å². The second-order valence-electron chi connectivity index (χ2n) is 8.69. The van der Waals surface area contributed by atoms with Gasteiger partial charge in [-0.1, -0.05) is 18.2 Å². The molecule has 2 fully saturated rings. The van der Waals surface area contributed by atoms with Gasteiger partial charge < -0.3 is 9.80 Å². The van der Waals surface area contributed by atoms with E-state index in [1.807, 2.05) is 6.07 Å². The Bertz CT molecular complexity index is 936. The number of hydrogen-bond donors (Lipinski definition) is 1. The zero-order valence-electron chi connectivity index (χ0n) is 18.1. The summed E-state index contributed by atoms with van der Waals surface area (Å²) in [4.78, 5) is 14.1. The Labute approximate surface area is 179 Å². The van der Waals surface area contributed by atoms with Gasteiger partial charge in [-0.2, -0.15) is 9.97 Å². The summed E-state index contributed by atoms with van der Waals surface area (Å²) in [6.45, 7) is 8.78. The molecule has 4 unspecified atom stereocenters. The van der Waals surface area contributed by atoms with Crippen molar-refractivity contribution in [2.24, 2.45) is 0 Å². The maximum absolute atomic E-state index is 12.9. The first kappa shape index (κ1) is 20.9. The Morgan fingerprint density at radius 3 is 1.67 bits per heavy atom. The van der Waals surface area contributed by atoms with Crippen LogP contribution in [0.15, 0.2) is 41.3 Å². The minimum Gasteiger partial charge on any atom is -0.351 e. The molecule has 0 radical (unpaired) electrons. The summed E-state index contributed by atoms with van der Waals surface area (Å²) in [6, 6.07) is 11.8. The summed E-state index contributed by atoms with van der Waals surface area (Å²) in [5.74, 6) is 1.70. The Hall–Kier alpha value is -2.35. The summed E-state index contributed by atoms with van der Waals surface area (Å²) in [6.07, 6.45) is 4.40. The summed E-state index contributed by atoms with van der Waals surface area (Å²) in [7, 11) is -3.76. The molecule has 7 nitrogen and oxygen atoms in total. The van der Waals surface area contributed by atoms with Crippen LogP contribution in [-0.4, -0.2) is 42.6 Å². The molecule has 4 atom stereocenters. The molecule has 30 heavy (non-hydrogen) atoms. The topological polar surface area (TPSA) is 78.4 Å². The van der Waals surface area contributed by atoms with E-state index in [9.17, 15) is 8.42 Å². The maximum atomic E-state index is 12.9. The van der Waals surface area contributed by atoms with E-state index in [1.54, 1.807) is 30.3 Å². The number of rotatable bonds is 5. The van der Waals surface area contributed by atoms with Gasteiger partial charge in [0.2, 0.25) is 5.95 Å². The average Bonchev–Trinajstić information content (AvgIpc) is 3.22. The van der Waals surface area contributed by atoms with E-state index in [0.717, 1.165) is 37.3 Å². The van der Waals surface area contributed by atoms with E-state index in [4.69, 9.17) is 0 Å². The monoisotopic (exact) mass is 429 g/mol. The molecular weight excluding hydrogens is 398 g/mol. The molecule has 0 spiro atoms. The Morgan fingerprint density at radius 1 is 0.800 bits per heavy atom. The highest BCUT2D eigenvalue weighted by Gasteiger charge is 2.33. The van der Waals surface area contributed by atoms with E-state index in [2.05, 4.69) is 52.2 Å². The van der Waals surface area contributed by atoms with Crippen molar-refractivity contribution >= 4 is 27.6 Å². The van der Waals surface area contributed by atoms with Crippen LogP contribution in [-0.2, 0) is 10.0 Å². The summed E-state index contributed by atoms with van der Waals surface area (Å²) >= 11 is 0. The second-order valence-corrected chi connectivity index (χ2v) is 10.4. The standard InChI is InChI=1S/C22H31N5O2S/c1-15-10-11-16(2)26(15)20-14-21(27-17(3)12-13-18(27)4)24-22(23-20)25-30(28,29)19-8-6-5-7-9-19/h5-9,14-18H,10-13H2,1-4H3,(H,23,24,25). The van der Waals surface area contributed by atoms with Gasteiger partial charge in [0.25, 0.3) is 10.0 Å². The Balaban J connectivity index is 1.76. The van der Waals surface area contributed by atoms with Gasteiger partial charge in [-0.15, -0.1) is 0 Å². The zero-order chi connectivity index (χ0) is 21.5. The molecular formula is C22H31N5O2S. The SMILES string of the molecule is CC1CCC(C)N1c1cc(N2C(C)CCC2C)nc(NS(=O)(=O)c2ccccc2)n1. The molecule has 2 aromatic rings. The smallest absolute Gasteiger partial charge is 0.264 e. The van der Waals surface area contributed by atoms with Crippen molar-refractivity contribution in [3.05, 3.63) is 36.4 Å². The van der Waals surface area contributed by atoms with Crippen LogP contribution in [0.25, 0.3) is 0 Å². The lowest BCUT2D eigenvalue weighted by Gasteiger charge is -2.31. The number of nitrogens with zero attached hydrogens (tertiary/aromatic N) is 4. The predicted molar refractivity (Wildman–Crippen MR) is 121 cm³/mol. The van der Waals surface area contributed by atoms with E-state index in [1.165, 1.54) is 0 Å². The first-order valence-corrected chi connectivity index (χ1v) is 12.3. The first-order chi connectivity index (χ1) is 14.3. The molecule has 1 aromatic carbocycles. The molecule has 162 valence electrons. The maximum Gasteiger partial charge on any atom is 0.264 e. The second kappa shape index (κ2) is 8.06. The molecule has 2 aliphatic heterocycles. The highest BCUT2D eigenvalue weighted by atomic mass is 32.2. The normalized spacial score (nSPS) is 26.9. The van der Waals surface area contributed by atoms with Crippen molar-refractivity contribution in [3.8, 4) is 0 Å². The summed E-state index contributed by atoms with van der Waals surface area (Å²) in [5.41, 5.74) is 0. The van der Waals surface area contributed by atoms with Crippen LogP contribution in [0.1, 0.15) is 53.4 Å². The van der Waals surface area contributed by atoms with Gasteiger partial charge in [0.15, 0.2) is 0 Å². The molecule has 2 saturated heterocycles. The van der Waals surface area contributed by atoms with Crippen LogP contribution in [0.5, 0.6) is 0 Å². The van der Waals surface area contributed by atoms with Crippen LogP contribution in [0.4, 0.5) is 17.6 Å². The molecule has 0 aliphatic carbocycles. The summed E-state index contributed by atoms with van der Waals surface area (Å²) in [5, 5.41) is 0. The fourth-order valence-corrected chi connectivity index (χ4v) is 5.77. The largest absolute Gasteiger partial charge is 0.351 e. The van der Waals surface area contributed by atoms with Crippen LogP contribution < -0.4 is 14.5 Å². The van der Waals surface area contributed by atoms with Gasteiger partial charge in [-0.3, -0.25) is 0 Å². The molecule has 8 heteroatoms. The fraction of sp³-hybridized carbons (Fsp3) is 0.545. The Morgan fingerprint density at radius 2 is 1.23 bits per heavy atom. The van der Waals surface area contributed by atoms with Crippen molar-refractivity contribution < 1.29 is 8.42 Å². The van der Waals surface area contributed by atoms with Gasteiger partial charge in [0.1, 0.15) is 11.6 Å². The predicted octanol–water partition coefficient (Wildman–Crippen LogP) is 4.03. The van der Waals surface area contributed by atoms with E-state index < -0.39 is 10.0 Å². The molecule has 4 rings (SSSR count). The third kappa shape index (κ3) is 3.97. The molecule has 0 saturated carbocycles. The third-order valence-corrected chi connectivity index (χ3v) is 7.76. The van der Waals surface area contributed by atoms with Crippen LogP contribution in [0.3, 0.4) is 0 Å². The minimum absolute atomic E-state index is 0.129. The third-order valence-electron chi connectivity index (χ3n) is 6.41. The highest BCUT2D eigenvalue weighted by molar-refractivity contribution is 7.92. The van der Waals surface area contributed by atoms with E-state index in [0.29, 0.717) is 24.2 Å². The van der Waals surface area contributed by atoms with Crippen LogP contribution >= 0.6 is 0 Å². The fourth-order valence-electron chi connectivity index (χ4n) is 4.80. The molecule has 3 heterocycles. The lowest BCUT2D eigenvalue weighted by Crippen LogP contribution is -2.36. The van der Waals surface area contributed by atoms with Crippen molar-refractivity contribution in [1.29, 1.82) is 0 Å². The first-order valence-electron chi connectivity index (χ1n) is 10.8. The van der Waals surface area contributed by atoms with Gasteiger partial charge in [0.05, 0.1) is 4.90 Å². The number of hydrogen-bond acceptors (Lipinski definition) is 6. The Kier molecular flexibility index (Phi) is 5.61. The number of benzene rings is 1. The van der Waals surface area contributed by atoms with Crippen LogP contribution in [0.2, 0.25) is 0 Å². The van der Waals surface area contributed by atoms with Crippen molar-refractivity contribution in [2.75, 3.05) is 14.5 Å². The molecule has 2 aliphatic rings. The van der Waals surface area contributed by atoms with Gasteiger partial charge in [-0.05, 0) is 65.5 Å². The molecule has 1 N–H and O–H groups in total. The number of aromatic nitrogens is 2. The average molecular weight is 430 g/mol. The van der Waals surface area contributed by atoms with Gasteiger partial charge >= 0.3 is 0 Å². The lowest BCUT2D eigenvalue weighted by atomic mass is 10.2. The van der Waals surface area contributed by atoms with Crippen molar-refractivity contribution in [2.45, 2.75) is 82.4 Å². The minimum atomic E-state index is -3.76. The lowest BCUT2D eigenvalue weighted by molar-refractivity contribution is 0.600. The number of nitrogens with one attached hydrogen (secondary N) is 1.